The number of ether oxygens (including phenoxy) is 3. The van der Waals surface area contributed by atoms with Crippen LogP contribution in [0.1, 0.15) is 40.5 Å². The summed E-state index contributed by atoms with van der Waals surface area (Å²) in [5, 5.41) is 3.10. The fourth-order valence-electron chi connectivity index (χ4n) is 0.970. The lowest BCUT2D eigenvalue weighted by Gasteiger charge is -2.05. The van der Waals surface area contributed by atoms with Gasteiger partial charge in [-0.05, 0) is 26.4 Å². The molecular weight excluding hydrogens is 230 g/mol. The third-order valence-electron chi connectivity index (χ3n) is 1.77. The SMILES string of the molecule is CC.CC.CNCCCCOCCOCCOC. The number of hydrogen-bond acceptors (Lipinski definition) is 4. The Labute approximate surface area is 114 Å². The monoisotopic (exact) mass is 265 g/mol. The van der Waals surface area contributed by atoms with Crippen molar-refractivity contribution >= 4 is 0 Å². The summed E-state index contributed by atoms with van der Waals surface area (Å²) in [6.07, 6.45) is 2.28. The van der Waals surface area contributed by atoms with E-state index in [1.165, 1.54) is 6.42 Å². The van der Waals surface area contributed by atoms with E-state index in [9.17, 15) is 0 Å². The van der Waals surface area contributed by atoms with Gasteiger partial charge in [0.1, 0.15) is 0 Å². The smallest absolute Gasteiger partial charge is 0.0701 e. The van der Waals surface area contributed by atoms with Gasteiger partial charge in [-0.3, -0.25) is 0 Å². The number of nitrogens with one attached hydrogen (secondary N) is 1. The molecule has 0 unspecified atom stereocenters. The summed E-state index contributed by atoms with van der Waals surface area (Å²) in [4.78, 5) is 0. The molecule has 0 aromatic rings. The summed E-state index contributed by atoms with van der Waals surface area (Å²) < 4.78 is 15.4. The van der Waals surface area contributed by atoms with Gasteiger partial charge in [-0.1, -0.05) is 27.7 Å². The molecule has 4 heteroatoms. The van der Waals surface area contributed by atoms with E-state index in [4.69, 9.17) is 14.2 Å². The van der Waals surface area contributed by atoms with Crippen LogP contribution in [0.4, 0.5) is 0 Å². The molecule has 0 heterocycles. The second-order valence-corrected chi connectivity index (χ2v) is 3.03. The average Bonchev–Trinajstić information content (AvgIpc) is 2.45. The Morgan fingerprint density at radius 2 is 1.22 bits per heavy atom. The summed E-state index contributed by atoms with van der Waals surface area (Å²) in [6.45, 7) is 12.5. The van der Waals surface area contributed by atoms with E-state index in [1.54, 1.807) is 7.11 Å². The fourth-order valence-corrected chi connectivity index (χ4v) is 0.970. The van der Waals surface area contributed by atoms with E-state index in [-0.39, 0.29) is 0 Å². The van der Waals surface area contributed by atoms with Crippen LogP contribution in [-0.4, -0.2) is 53.7 Å². The standard InChI is InChI=1S/C10H23NO3.2C2H6/c1-11-5-3-4-6-13-9-10-14-8-7-12-2;2*1-2/h11H,3-10H2,1-2H3;2*1-2H3. The van der Waals surface area contributed by atoms with Crippen LogP contribution in [-0.2, 0) is 14.2 Å². The van der Waals surface area contributed by atoms with Crippen LogP contribution in [0, 0.1) is 0 Å². The van der Waals surface area contributed by atoms with Crippen molar-refractivity contribution in [2.45, 2.75) is 40.5 Å². The lowest BCUT2D eigenvalue weighted by atomic mass is 10.3. The predicted molar refractivity (Wildman–Crippen MR) is 79.4 cm³/mol. The molecule has 0 aromatic heterocycles. The summed E-state index contributed by atoms with van der Waals surface area (Å²) in [7, 11) is 3.63. The van der Waals surface area contributed by atoms with Gasteiger partial charge >= 0.3 is 0 Å². The fraction of sp³-hybridized carbons (Fsp3) is 1.00. The van der Waals surface area contributed by atoms with Gasteiger partial charge in [0.25, 0.3) is 0 Å². The third kappa shape index (κ3) is 29.7. The van der Waals surface area contributed by atoms with Gasteiger partial charge in [-0.2, -0.15) is 0 Å². The van der Waals surface area contributed by atoms with E-state index in [0.717, 1.165) is 19.6 Å². The Hall–Kier alpha value is -0.160. The molecule has 0 aromatic carbocycles. The predicted octanol–water partition coefficient (Wildman–Crippen LogP) is 2.72. The van der Waals surface area contributed by atoms with Gasteiger partial charge in [0.2, 0.25) is 0 Å². The Kier molecular flexibility index (Phi) is 38.5. The van der Waals surface area contributed by atoms with Crippen molar-refractivity contribution < 1.29 is 14.2 Å². The van der Waals surface area contributed by atoms with Crippen molar-refractivity contribution in [3.8, 4) is 0 Å². The average molecular weight is 265 g/mol. The molecule has 0 spiro atoms. The lowest BCUT2D eigenvalue weighted by molar-refractivity contribution is 0.0241. The Morgan fingerprint density at radius 3 is 1.72 bits per heavy atom. The second-order valence-electron chi connectivity index (χ2n) is 3.03. The highest BCUT2D eigenvalue weighted by atomic mass is 16.5. The van der Waals surface area contributed by atoms with Crippen LogP contribution in [0.15, 0.2) is 0 Å². The Bertz CT molecular complexity index is 91.0. The minimum absolute atomic E-state index is 0.652. The van der Waals surface area contributed by atoms with Crippen molar-refractivity contribution in [1.82, 2.24) is 5.32 Å². The highest BCUT2D eigenvalue weighted by molar-refractivity contribution is 4.41. The summed E-state index contributed by atoms with van der Waals surface area (Å²) >= 11 is 0. The zero-order valence-electron chi connectivity index (χ0n) is 13.4. The van der Waals surface area contributed by atoms with Gasteiger partial charge in [-0.25, -0.2) is 0 Å². The molecule has 1 N–H and O–H groups in total. The highest BCUT2D eigenvalue weighted by Gasteiger charge is 1.90. The molecule has 0 rings (SSSR count). The van der Waals surface area contributed by atoms with Crippen LogP contribution < -0.4 is 5.32 Å². The maximum Gasteiger partial charge on any atom is 0.0701 e. The lowest BCUT2D eigenvalue weighted by Crippen LogP contribution is -2.11. The molecular formula is C14H35NO3. The van der Waals surface area contributed by atoms with Crippen LogP contribution in [0.5, 0.6) is 0 Å². The highest BCUT2D eigenvalue weighted by Crippen LogP contribution is 1.88. The maximum absolute atomic E-state index is 5.37. The van der Waals surface area contributed by atoms with Crippen LogP contribution >= 0.6 is 0 Å². The van der Waals surface area contributed by atoms with Gasteiger partial charge in [0.15, 0.2) is 0 Å². The Morgan fingerprint density at radius 1 is 0.722 bits per heavy atom. The third-order valence-corrected chi connectivity index (χ3v) is 1.77. The van der Waals surface area contributed by atoms with Gasteiger partial charge < -0.3 is 19.5 Å². The van der Waals surface area contributed by atoms with Crippen molar-refractivity contribution in [1.29, 1.82) is 0 Å². The normalized spacial score (nSPS) is 9.00. The van der Waals surface area contributed by atoms with E-state index in [2.05, 4.69) is 5.32 Å². The zero-order chi connectivity index (χ0) is 14.5. The number of unbranched alkanes of at least 4 members (excludes halogenated alkanes) is 1. The van der Waals surface area contributed by atoms with Crippen molar-refractivity contribution in [2.24, 2.45) is 0 Å². The molecule has 0 saturated carbocycles. The van der Waals surface area contributed by atoms with E-state index < -0.39 is 0 Å². The quantitative estimate of drug-likeness (QED) is 0.583. The van der Waals surface area contributed by atoms with Crippen LogP contribution in [0.25, 0.3) is 0 Å². The van der Waals surface area contributed by atoms with Crippen molar-refractivity contribution in [3.63, 3.8) is 0 Å². The molecule has 0 aliphatic carbocycles. The van der Waals surface area contributed by atoms with Crippen molar-refractivity contribution in [2.75, 3.05) is 53.7 Å². The molecule has 0 amide bonds. The van der Waals surface area contributed by atoms with E-state index in [0.29, 0.717) is 26.4 Å². The minimum Gasteiger partial charge on any atom is -0.382 e. The molecule has 0 aliphatic rings. The molecule has 0 saturated heterocycles. The second kappa shape index (κ2) is 30.1. The maximum atomic E-state index is 5.37. The van der Waals surface area contributed by atoms with Gasteiger partial charge in [0.05, 0.1) is 26.4 Å². The molecule has 0 aliphatic heterocycles. The summed E-state index contributed by atoms with van der Waals surface area (Å²) in [5.41, 5.74) is 0. The largest absolute Gasteiger partial charge is 0.382 e. The van der Waals surface area contributed by atoms with Crippen LogP contribution in [0.3, 0.4) is 0 Å². The summed E-state index contributed by atoms with van der Waals surface area (Å²) in [6, 6.07) is 0. The molecule has 0 bridgehead atoms. The van der Waals surface area contributed by atoms with Gasteiger partial charge in [-0.15, -0.1) is 0 Å². The van der Waals surface area contributed by atoms with Crippen LogP contribution in [0.2, 0.25) is 0 Å². The number of rotatable bonds is 11. The first-order valence-corrected chi connectivity index (χ1v) is 7.21. The molecule has 4 nitrogen and oxygen atoms in total. The first-order chi connectivity index (χ1) is 8.91. The topological polar surface area (TPSA) is 39.7 Å². The van der Waals surface area contributed by atoms with E-state index >= 15 is 0 Å². The molecule has 0 fully saturated rings. The van der Waals surface area contributed by atoms with Gasteiger partial charge in [0, 0.05) is 13.7 Å². The molecule has 114 valence electrons. The Balaban J connectivity index is -0.000000506. The number of hydrogen-bond donors (Lipinski definition) is 1. The minimum atomic E-state index is 0.652. The first kappa shape index (κ1) is 23.0. The molecule has 0 atom stereocenters. The molecule has 18 heavy (non-hydrogen) atoms. The molecule has 0 radical (unpaired) electrons. The van der Waals surface area contributed by atoms with Crippen molar-refractivity contribution in [3.05, 3.63) is 0 Å². The summed E-state index contributed by atoms with van der Waals surface area (Å²) in [5.74, 6) is 0. The number of methoxy groups -OCH3 is 1. The zero-order valence-corrected chi connectivity index (χ0v) is 13.4. The van der Waals surface area contributed by atoms with E-state index in [1.807, 2.05) is 34.7 Å². The first-order valence-electron chi connectivity index (χ1n) is 7.21.